The first-order valence-electron chi connectivity index (χ1n) is 8.37. The van der Waals surface area contributed by atoms with Crippen molar-refractivity contribution in [2.24, 2.45) is 0 Å². The van der Waals surface area contributed by atoms with E-state index < -0.39 is 17.3 Å². The number of aryl methyl sites for hydroxylation is 1. The van der Waals surface area contributed by atoms with E-state index in [0.29, 0.717) is 28.2 Å². The lowest BCUT2D eigenvalue weighted by Crippen LogP contribution is -2.44. The highest BCUT2D eigenvalue weighted by Gasteiger charge is 2.32. The lowest BCUT2D eigenvalue weighted by atomic mass is 10.0. The second-order valence-corrected chi connectivity index (χ2v) is 6.54. The first-order chi connectivity index (χ1) is 13.3. The summed E-state index contributed by atoms with van der Waals surface area (Å²) in [6.07, 6.45) is 0. The Labute approximate surface area is 160 Å². The third kappa shape index (κ3) is 4.02. The molecule has 0 saturated heterocycles. The number of aromatic nitrogens is 4. The van der Waals surface area contributed by atoms with Crippen molar-refractivity contribution < 1.29 is 14.3 Å². The van der Waals surface area contributed by atoms with Crippen molar-refractivity contribution in [1.29, 1.82) is 5.26 Å². The fourth-order valence-electron chi connectivity index (χ4n) is 2.61. The molecule has 3 rings (SSSR count). The van der Waals surface area contributed by atoms with Gasteiger partial charge in [0.2, 0.25) is 0 Å². The van der Waals surface area contributed by atoms with Crippen LogP contribution >= 0.6 is 0 Å². The molecule has 0 fully saturated rings. The molecule has 1 atom stereocenters. The Morgan fingerprint density at radius 2 is 2.04 bits per heavy atom. The quantitative estimate of drug-likeness (QED) is 0.700. The number of rotatable bonds is 5. The van der Waals surface area contributed by atoms with Gasteiger partial charge in [-0.25, -0.2) is 9.07 Å². The Morgan fingerprint density at radius 1 is 1.32 bits per heavy atom. The Kier molecular flexibility index (Phi) is 5.15. The van der Waals surface area contributed by atoms with E-state index in [1.165, 1.54) is 35.9 Å². The number of benzene rings is 2. The minimum absolute atomic E-state index is 0.214. The highest BCUT2D eigenvalue weighted by atomic mass is 19.1. The van der Waals surface area contributed by atoms with Gasteiger partial charge in [0, 0.05) is 11.3 Å². The van der Waals surface area contributed by atoms with Crippen LogP contribution in [0.1, 0.15) is 18.1 Å². The monoisotopic (exact) mass is 380 g/mol. The number of nitriles is 1. The molecule has 1 heterocycles. The molecule has 1 amide bonds. The number of tetrazole rings is 1. The van der Waals surface area contributed by atoms with Gasteiger partial charge in [-0.05, 0) is 72.3 Å². The molecule has 8 nitrogen and oxygen atoms in total. The number of aliphatic hydroxyl groups is 1. The summed E-state index contributed by atoms with van der Waals surface area (Å²) < 4.78 is 14.4. The largest absolute Gasteiger partial charge is 0.378 e. The molecule has 0 aliphatic carbocycles. The molecule has 0 bridgehead atoms. The van der Waals surface area contributed by atoms with E-state index in [2.05, 4.69) is 20.8 Å². The van der Waals surface area contributed by atoms with Crippen LogP contribution < -0.4 is 5.32 Å². The molecule has 142 valence electrons. The van der Waals surface area contributed by atoms with Crippen molar-refractivity contribution in [1.82, 2.24) is 20.2 Å². The summed E-state index contributed by atoms with van der Waals surface area (Å²) >= 11 is 0. The highest BCUT2D eigenvalue weighted by molar-refractivity contribution is 5.96. The van der Waals surface area contributed by atoms with Crippen LogP contribution in [0.3, 0.4) is 0 Å². The number of carbonyl (C=O) groups excluding carboxylic acids is 1. The Morgan fingerprint density at radius 3 is 2.68 bits per heavy atom. The second-order valence-electron chi connectivity index (χ2n) is 6.54. The van der Waals surface area contributed by atoms with Crippen LogP contribution in [0, 0.1) is 24.1 Å². The zero-order valence-corrected chi connectivity index (χ0v) is 15.2. The fourth-order valence-corrected chi connectivity index (χ4v) is 2.61. The van der Waals surface area contributed by atoms with Crippen LogP contribution in [-0.2, 0) is 11.3 Å². The van der Waals surface area contributed by atoms with Crippen molar-refractivity contribution in [3.63, 3.8) is 0 Å². The van der Waals surface area contributed by atoms with E-state index in [9.17, 15) is 14.3 Å². The number of anilines is 1. The summed E-state index contributed by atoms with van der Waals surface area (Å²) in [5, 5.41) is 33.5. The fraction of sp³-hybridized carbons (Fsp3) is 0.211. The molecular formula is C19H17FN6O2. The molecule has 0 saturated carbocycles. The molecule has 1 unspecified atom stereocenters. The predicted molar refractivity (Wildman–Crippen MR) is 98.4 cm³/mol. The molecular weight excluding hydrogens is 363 g/mol. The van der Waals surface area contributed by atoms with E-state index >= 15 is 0 Å². The number of nitrogens with zero attached hydrogens (tertiary/aromatic N) is 5. The van der Waals surface area contributed by atoms with Crippen LogP contribution in [0.25, 0.3) is 11.4 Å². The number of nitrogens with one attached hydrogen (secondary N) is 1. The van der Waals surface area contributed by atoms with E-state index in [4.69, 9.17) is 5.26 Å². The maximum absolute atomic E-state index is 13.1. The van der Waals surface area contributed by atoms with Crippen molar-refractivity contribution in [2.75, 3.05) is 5.32 Å². The van der Waals surface area contributed by atoms with E-state index in [1.54, 1.807) is 25.1 Å². The number of hydrogen-bond donors (Lipinski definition) is 2. The summed E-state index contributed by atoms with van der Waals surface area (Å²) in [4.78, 5) is 12.6. The van der Waals surface area contributed by atoms with Gasteiger partial charge in [0.1, 0.15) is 5.82 Å². The molecule has 9 heteroatoms. The summed E-state index contributed by atoms with van der Waals surface area (Å²) in [7, 11) is 0. The molecule has 3 aromatic rings. The smallest absolute Gasteiger partial charge is 0.257 e. The summed E-state index contributed by atoms with van der Waals surface area (Å²) in [6.45, 7) is 2.88. The molecule has 1 aromatic heterocycles. The van der Waals surface area contributed by atoms with Crippen molar-refractivity contribution in [3.8, 4) is 17.5 Å². The Balaban J connectivity index is 1.78. The third-order valence-electron chi connectivity index (χ3n) is 4.19. The molecule has 0 radical (unpaired) electrons. The maximum atomic E-state index is 13.1. The minimum atomic E-state index is -1.83. The van der Waals surface area contributed by atoms with Crippen LogP contribution in [0.4, 0.5) is 10.1 Å². The third-order valence-corrected chi connectivity index (χ3v) is 4.19. The number of halogens is 1. The normalized spacial score (nSPS) is 12.8. The van der Waals surface area contributed by atoms with Gasteiger partial charge in [0.05, 0.1) is 18.2 Å². The Hall–Kier alpha value is -3.64. The van der Waals surface area contributed by atoms with Gasteiger partial charge in [-0.3, -0.25) is 4.79 Å². The molecule has 0 aliphatic heterocycles. The van der Waals surface area contributed by atoms with Gasteiger partial charge in [0.15, 0.2) is 11.4 Å². The SMILES string of the molecule is Cc1cc(NC(=O)C(C)(O)Cn2nnnc2-c2ccc(F)cc2)ccc1C#N. The van der Waals surface area contributed by atoms with Gasteiger partial charge < -0.3 is 10.4 Å². The van der Waals surface area contributed by atoms with Crippen LogP contribution in [0.15, 0.2) is 42.5 Å². The van der Waals surface area contributed by atoms with E-state index in [-0.39, 0.29) is 6.54 Å². The summed E-state index contributed by atoms with van der Waals surface area (Å²) in [6, 6.07) is 12.4. The average Bonchev–Trinajstić information content (AvgIpc) is 3.10. The summed E-state index contributed by atoms with van der Waals surface area (Å²) in [5.41, 5.74) is 0.385. The standard InChI is InChI=1S/C19H17FN6O2/c1-12-9-16(8-5-14(12)10-21)22-18(27)19(2,28)11-26-17(23-24-25-26)13-3-6-15(20)7-4-13/h3-9,28H,11H2,1-2H3,(H,22,27). The Bertz CT molecular complexity index is 1050. The van der Waals surface area contributed by atoms with E-state index in [1.807, 2.05) is 6.07 Å². The molecule has 0 spiro atoms. The number of carbonyl (C=O) groups is 1. The molecule has 28 heavy (non-hydrogen) atoms. The number of hydrogen-bond acceptors (Lipinski definition) is 6. The van der Waals surface area contributed by atoms with Crippen LogP contribution in [0.2, 0.25) is 0 Å². The van der Waals surface area contributed by atoms with Crippen molar-refractivity contribution in [2.45, 2.75) is 26.0 Å². The topological polar surface area (TPSA) is 117 Å². The molecule has 2 N–H and O–H groups in total. The molecule has 0 aliphatic rings. The zero-order chi connectivity index (χ0) is 20.3. The summed E-state index contributed by atoms with van der Waals surface area (Å²) in [5.74, 6) is -0.758. The molecule has 2 aromatic carbocycles. The predicted octanol–water partition coefficient (Wildman–Crippen LogP) is 2.05. The average molecular weight is 380 g/mol. The first kappa shape index (κ1) is 19.1. The van der Waals surface area contributed by atoms with Gasteiger partial charge in [0.25, 0.3) is 5.91 Å². The van der Waals surface area contributed by atoms with Gasteiger partial charge in [-0.2, -0.15) is 5.26 Å². The van der Waals surface area contributed by atoms with Gasteiger partial charge >= 0.3 is 0 Å². The van der Waals surface area contributed by atoms with Crippen LogP contribution in [-0.4, -0.2) is 36.8 Å². The minimum Gasteiger partial charge on any atom is -0.378 e. The first-order valence-corrected chi connectivity index (χ1v) is 8.37. The van der Waals surface area contributed by atoms with Gasteiger partial charge in [-0.15, -0.1) is 5.10 Å². The van der Waals surface area contributed by atoms with Gasteiger partial charge in [-0.1, -0.05) is 0 Å². The second kappa shape index (κ2) is 7.54. The number of amides is 1. The van der Waals surface area contributed by atoms with Crippen molar-refractivity contribution >= 4 is 11.6 Å². The zero-order valence-electron chi connectivity index (χ0n) is 15.2. The lowest BCUT2D eigenvalue weighted by molar-refractivity contribution is -0.133. The van der Waals surface area contributed by atoms with Crippen molar-refractivity contribution in [3.05, 3.63) is 59.4 Å². The highest BCUT2D eigenvalue weighted by Crippen LogP contribution is 2.20. The maximum Gasteiger partial charge on any atom is 0.257 e. The van der Waals surface area contributed by atoms with E-state index in [0.717, 1.165) is 0 Å². The lowest BCUT2D eigenvalue weighted by Gasteiger charge is -2.22. The van der Waals surface area contributed by atoms with Crippen LogP contribution in [0.5, 0.6) is 0 Å².